The van der Waals surface area contributed by atoms with Gasteiger partial charge in [0.2, 0.25) is 0 Å². The van der Waals surface area contributed by atoms with Crippen LogP contribution in [0.25, 0.3) is 0 Å². The van der Waals surface area contributed by atoms with Crippen LogP contribution in [0.4, 0.5) is 0 Å². The molecular weight excluding hydrogens is 263 g/mol. The monoisotopic (exact) mass is 275 g/mol. The fourth-order valence-electron chi connectivity index (χ4n) is 1.44. The van der Waals surface area contributed by atoms with E-state index in [0.29, 0.717) is 0 Å². The van der Waals surface area contributed by atoms with Crippen LogP contribution < -0.4 is 0 Å². The Morgan fingerprint density at radius 2 is 1.00 bits per heavy atom. The van der Waals surface area contributed by atoms with Gasteiger partial charge in [0.25, 0.3) is 0 Å². The van der Waals surface area contributed by atoms with Gasteiger partial charge >= 0.3 is 98.1 Å². The van der Waals surface area contributed by atoms with Crippen LogP contribution in [0.15, 0.2) is 0 Å². The van der Waals surface area contributed by atoms with Crippen molar-refractivity contribution in [2.24, 2.45) is 0 Å². The third kappa shape index (κ3) is 5.36. The van der Waals surface area contributed by atoms with E-state index in [2.05, 4.69) is 16.9 Å². The van der Waals surface area contributed by atoms with Gasteiger partial charge < -0.3 is 0 Å². The van der Waals surface area contributed by atoms with Gasteiger partial charge in [-0.15, -0.1) is 0 Å². The zero-order valence-corrected chi connectivity index (χ0v) is 11.9. The molecule has 0 N–H and O–H groups in total. The van der Waals surface area contributed by atoms with E-state index in [0.717, 1.165) is 0 Å². The van der Waals surface area contributed by atoms with Gasteiger partial charge in [-0.2, -0.15) is 0 Å². The average molecular weight is 275 g/mol. The van der Waals surface area contributed by atoms with E-state index in [1.165, 1.54) is 0 Å². The molecule has 0 saturated heterocycles. The third-order valence-corrected chi connectivity index (χ3v) is 3.50. The van der Waals surface area contributed by atoms with Crippen molar-refractivity contribution in [2.45, 2.75) is 38.9 Å². The topological polar surface area (TPSA) is 54.5 Å². The SMILES string of the molecule is CC(C#P=O)N(C(C)C#P=O)C(C)C#P=O. The molecule has 0 spiro atoms. The summed E-state index contributed by atoms with van der Waals surface area (Å²) in [5.74, 6) is 0. The Morgan fingerprint density at radius 3 is 1.19 bits per heavy atom. The molecule has 0 aliphatic carbocycles. The van der Waals surface area contributed by atoms with Crippen molar-refractivity contribution in [1.29, 1.82) is 0 Å². The van der Waals surface area contributed by atoms with Crippen molar-refractivity contribution >= 4 is 23.7 Å². The third-order valence-electron chi connectivity index (χ3n) is 2.06. The molecule has 0 bridgehead atoms. The maximum atomic E-state index is 10.5. The summed E-state index contributed by atoms with van der Waals surface area (Å²) in [5.41, 5.74) is 8.03. The fourth-order valence-corrected chi connectivity index (χ4v) is 2.29. The summed E-state index contributed by atoms with van der Waals surface area (Å²) in [4.78, 5) is 1.81. The van der Waals surface area contributed by atoms with Crippen molar-refractivity contribution in [2.75, 3.05) is 0 Å². The number of hydrogen-bond donors (Lipinski definition) is 0. The Hall–Kier alpha value is -0.0100. The van der Waals surface area contributed by atoms with Crippen molar-refractivity contribution in [3.63, 3.8) is 0 Å². The Balaban J connectivity index is 5.25. The molecule has 0 saturated carbocycles. The molecule has 0 aromatic rings. The van der Waals surface area contributed by atoms with E-state index in [-0.39, 0.29) is 41.9 Å². The van der Waals surface area contributed by atoms with Crippen LogP contribution in [0, 0.1) is 16.9 Å². The van der Waals surface area contributed by atoms with E-state index in [1.807, 2.05) is 0 Å². The van der Waals surface area contributed by atoms with E-state index in [4.69, 9.17) is 0 Å². The van der Waals surface area contributed by atoms with Gasteiger partial charge in [-0.25, -0.2) is 0 Å². The number of hydrogen-bond acceptors (Lipinski definition) is 4. The molecule has 0 radical (unpaired) electrons. The van der Waals surface area contributed by atoms with Crippen LogP contribution in [0.1, 0.15) is 20.8 Å². The van der Waals surface area contributed by atoms with Gasteiger partial charge in [-0.1, -0.05) is 0 Å². The second-order valence-corrected chi connectivity index (χ2v) is 4.46. The summed E-state index contributed by atoms with van der Waals surface area (Å²) < 4.78 is 31.4. The summed E-state index contributed by atoms with van der Waals surface area (Å²) in [6, 6.07) is -0.729. The Labute approximate surface area is 98.5 Å². The van der Waals surface area contributed by atoms with Crippen molar-refractivity contribution in [1.82, 2.24) is 4.90 Å². The van der Waals surface area contributed by atoms with Gasteiger partial charge in [0, 0.05) is 0 Å². The van der Waals surface area contributed by atoms with Crippen LogP contribution in [0.2, 0.25) is 0 Å². The molecule has 0 fully saturated rings. The molecule has 0 amide bonds. The van der Waals surface area contributed by atoms with Gasteiger partial charge in [0.05, 0.1) is 0 Å². The summed E-state index contributed by atoms with van der Waals surface area (Å²) >= 11 is 0. The first-order valence-corrected chi connectivity index (χ1v) is 7.03. The Kier molecular flexibility index (Phi) is 9.06. The van der Waals surface area contributed by atoms with Crippen LogP contribution >= 0.6 is 23.7 Å². The second kappa shape index (κ2) is 9.07. The molecule has 0 heterocycles. The van der Waals surface area contributed by atoms with Gasteiger partial charge in [0.15, 0.2) is 0 Å². The molecule has 16 heavy (non-hydrogen) atoms. The van der Waals surface area contributed by atoms with E-state index < -0.39 is 0 Å². The normalized spacial score (nSPS) is 15.0. The molecule has 0 aromatic heterocycles. The van der Waals surface area contributed by atoms with Crippen molar-refractivity contribution < 1.29 is 13.7 Å². The summed E-state index contributed by atoms with van der Waals surface area (Å²) in [7, 11) is -0.580. The zero-order valence-electron chi connectivity index (χ0n) is 9.25. The minimum absolute atomic E-state index is 0.193. The first-order valence-electron chi connectivity index (χ1n) is 4.59. The number of nitrogens with zero attached hydrogens (tertiary/aromatic N) is 1. The zero-order chi connectivity index (χ0) is 12.6. The summed E-state index contributed by atoms with van der Waals surface area (Å²) in [5, 5.41) is 0. The molecule has 4 nitrogen and oxygen atoms in total. The van der Waals surface area contributed by atoms with E-state index in [9.17, 15) is 13.7 Å². The minimum atomic E-state index is -0.243. The molecule has 3 atom stereocenters. The predicted molar refractivity (Wildman–Crippen MR) is 64.7 cm³/mol. The van der Waals surface area contributed by atoms with Crippen LogP contribution in [-0.4, -0.2) is 23.0 Å². The molecule has 0 aliphatic heterocycles. The van der Waals surface area contributed by atoms with Crippen LogP contribution in [-0.2, 0) is 13.7 Å². The first-order chi connectivity index (χ1) is 7.58. The maximum absolute atomic E-state index is 10.5. The number of rotatable bonds is 3. The molecule has 86 valence electrons. The van der Waals surface area contributed by atoms with Crippen LogP contribution in [0.5, 0.6) is 0 Å². The van der Waals surface area contributed by atoms with E-state index >= 15 is 0 Å². The summed E-state index contributed by atoms with van der Waals surface area (Å²) in [6.07, 6.45) is 0. The predicted octanol–water partition coefficient (Wildman–Crippen LogP) is 3.21. The van der Waals surface area contributed by atoms with Gasteiger partial charge in [-0.05, 0) is 0 Å². The van der Waals surface area contributed by atoms with Crippen molar-refractivity contribution in [3.8, 4) is 16.9 Å². The van der Waals surface area contributed by atoms with Gasteiger partial charge in [0.1, 0.15) is 0 Å². The van der Waals surface area contributed by atoms with E-state index in [1.54, 1.807) is 25.7 Å². The molecule has 0 aromatic carbocycles. The summed E-state index contributed by atoms with van der Waals surface area (Å²) in [6.45, 7) is 5.39. The molecule has 0 rings (SSSR count). The second-order valence-electron chi connectivity index (χ2n) is 3.14. The Bertz CT molecular complexity index is 449. The molecule has 7 heteroatoms. The fraction of sp³-hybridized carbons (Fsp3) is 0.667. The standard InChI is InChI=1S/C9H12NO3P3/c1-7(4-14-11)10(8(2)5-15-12)9(3)6-16-13/h7-9H,1-3H3. The molecule has 0 aliphatic rings. The van der Waals surface area contributed by atoms with Crippen molar-refractivity contribution in [3.05, 3.63) is 0 Å². The van der Waals surface area contributed by atoms with Crippen LogP contribution in [0.3, 0.4) is 0 Å². The molecular formula is C9H12NO3P3. The average Bonchev–Trinajstić information content (AvgIpc) is 2.19. The quantitative estimate of drug-likeness (QED) is 0.742. The van der Waals surface area contributed by atoms with Gasteiger partial charge in [-0.3, -0.25) is 0 Å². The Morgan fingerprint density at radius 1 is 0.750 bits per heavy atom. The molecule has 3 unspecified atom stereocenters. The first kappa shape index (κ1) is 16.0.